The maximum absolute atomic E-state index is 8.57. The zero-order valence-electron chi connectivity index (χ0n) is 7.93. The first-order valence-corrected chi connectivity index (χ1v) is 4.51. The number of aliphatic hydroxyl groups is 2. The molecule has 1 aromatic rings. The lowest BCUT2D eigenvalue weighted by molar-refractivity contribution is 0.343. The maximum atomic E-state index is 8.57. The van der Waals surface area contributed by atoms with E-state index >= 15 is 0 Å². The summed E-state index contributed by atoms with van der Waals surface area (Å²) in [5.41, 5.74) is 2.11. The van der Waals surface area contributed by atoms with Crippen LogP contribution < -0.4 is 0 Å². The molecule has 0 atom stereocenters. The predicted octanol–water partition coefficient (Wildman–Crippen LogP) is 1.70. The molecule has 0 saturated carbocycles. The molecule has 0 saturated heterocycles. The molecule has 74 valence electrons. The van der Waals surface area contributed by atoms with Crippen molar-refractivity contribution in [3.8, 4) is 0 Å². The lowest BCUT2D eigenvalue weighted by Gasteiger charge is -1.95. The molecule has 2 N–H and O–H groups in total. The number of benzene rings is 1. The fourth-order valence-electron chi connectivity index (χ4n) is 1.10. The van der Waals surface area contributed by atoms with Crippen LogP contribution >= 0.6 is 0 Å². The van der Waals surface area contributed by atoms with E-state index in [2.05, 4.69) is 0 Å². The Morgan fingerprint density at radius 2 is 1.14 bits per heavy atom. The van der Waals surface area contributed by atoms with Crippen molar-refractivity contribution in [2.45, 2.75) is 0 Å². The molecule has 0 bridgehead atoms. The van der Waals surface area contributed by atoms with Gasteiger partial charge in [0.1, 0.15) is 0 Å². The standard InChI is InChI=1S/C12H14O2/c13-9-1-3-11-5-7-12(8-6-11)4-2-10-14/h1-8,13-14H,9-10H2. The second-order valence-corrected chi connectivity index (χ2v) is 2.84. The van der Waals surface area contributed by atoms with Gasteiger partial charge in [-0.05, 0) is 11.1 Å². The lowest BCUT2D eigenvalue weighted by atomic mass is 10.1. The molecule has 2 nitrogen and oxygen atoms in total. The van der Waals surface area contributed by atoms with Gasteiger partial charge in [0, 0.05) is 0 Å². The first-order chi connectivity index (χ1) is 6.86. The highest BCUT2D eigenvalue weighted by Gasteiger charge is 1.87. The molecule has 0 amide bonds. The largest absolute Gasteiger partial charge is 0.392 e. The Morgan fingerprint density at radius 3 is 1.43 bits per heavy atom. The van der Waals surface area contributed by atoms with Gasteiger partial charge in [-0.2, -0.15) is 0 Å². The Bertz CT molecular complexity index is 277. The normalized spacial score (nSPS) is 11.6. The van der Waals surface area contributed by atoms with Crippen LogP contribution in [-0.4, -0.2) is 23.4 Å². The van der Waals surface area contributed by atoms with Crippen molar-refractivity contribution >= 4 is 12.2 Å². The van der Waals surface area contributed by atoms with Gasteiger partial charge in [-0.15, -0.1) is 0 Å². The molecule has 0 aliphatic carbocycles. The molecular formula is C12H14O2. The van der Waals surface area contributed by atoms with Gasteiger partial charge in [0.25, 0.3) is 0 Å². The number of rotatable bonds is 4. The minimum Gasteiger partial charge on any atom is -0.392 e. The molecule has 1 rings (SSSR count). The highest BCUT2D eigenvalue weighted by molar-refractivity contribution is 5.55. The van der Waals surface area contributed by atoms with E-state index < -0.39 is 0 Å². The number of hydrogen-bond donors (Lipinski definition) is 2. The van der Waals surface area contributed by atoms with Crippen molar-refractivity contribution in [2.24, 2.45) is 0 Å². The van der Waals surface area contributed by atoms with Gasteiger partial charge in [-0.1, -0.05) is 48.6 Å². The van der Waals surface area contributed by atoms with Gasteiger partial charge in [0.15, 0.2) is 0 Å². The van der Waals surface area contributed by atoms with E-state index in [0.717, 1.165) is 11.1 Å². The summed E-state index contributed by atoms with van der Waals surface area (Å²) in [7, 11) is 0. The summed E-state index contributed by atoms with van der Waals surface area (Å²) < 4.78 is 0. The van der Waals surface area contributed by atoms with E-state index in [9.17, 15) is 0 Å². The second kappa shape index (κ2) is 6.13. The zero-order chi connectivity index (χ0) is 10.2. The van der Waals surface area contributed by atoms with Crippen LogP contribution in [0.3, 0.4) is 0 Å². The van der Waals surface area contributed by atoms with Gasteiger partial charge in [-0.25, -0.2) is 0 Å². The highest BCUT2D eigenvalue weighted by atomic mass is 16.3. The Morgan fingerprint density at radius 1 is 0.786 bits per heavy atom. The molecule has 0 aliphatic heterocycles. The quantitative estimate of drug-likeness (QED) is 0.758. The monoisotopic (exact) mass is 190 g/mol. The Labute approximate surface area is 83.8 Å². The van der Waals surface area contributed by atoms with Crippen LogP contribution in [0, 0.1) is 0 Å². The van der Waals surface area contributed by atoms with Gasteiger partial charge >= 0.3 is 0 Å². The van der Waals surface area contributed by atoms with Crippen molar-refractivity contribution in [3.63, 3.8) is 0 Å². The predicted molar refractivity (Wildman–Crippen MR) is 58.7 cm³/mol. The third-order valence-electron chi connectivity index (χ3n) is 1.77. The summed E-state index contributed by atoms with van der Waals surface area (Å²) in [6.45, 7) is 0.123. The summed E-state index contributed by atoms with van der Waals surface area (Å²) in [6, 6.07) is 7.85. The molecule has 2 heteroatoms. The van der Waals surface area contributed by atoms with Crippen LogP contribution in [0.15, 0.2) is 36.4 Å². The SMILES string of the molecule is OCC=Cc1ccc(C=CCO)cc1. The molecule has 0 radical (unpaired) electrons. The van der Waals surface area contributed by atoms with Crippen LogP contribution in [0.4, 0.5) is 0 Å². The van der Waals surface area contributed by atoms with Gasteiger partial charge in [-0.3, -0.25) is 0 Å². The van der Waals surface area contributed by atoms with Gasteiger partial charge in [0.2, 0.25) is 0 Å². The average molecular weight is 190 g/mol. The third-order valence-corrected chi connectivity index (χ3v) is 1.77. The van der Waals surface area contributed by atoms with E-state index in [-0.39, 0.29) is 13.2 Å². The first kappa shape index (κ1) is 10.7. The smallest absolute Gasteiger partial charge is 0.0615 e. The van der Waals surface area contributed by atoms with Crippen LogP contribution in [0.5, 0.6) is 0 Å². The third kappa shape index (κ3) is 3.56. The summed E-state index contributed by atoms with van der Waals surface area (Å²) in [5, 5.41) is 17.1. The first-order valence-electron chi connectivity index (χ1n) is 4.51. The van der Waals surface area contributed by atoms with Crippen molar-refractivity contribution in [2.75, 3.05) is 13.2 Å². The number of aliphatic hydroxyl groups excluding tert-OH is 2. The minimum absolute atomic E-state index is 0.0617. The van der Waals surface area contributed by atoms with Crippen LogP contribution in [0.1, 0.15) is 11.1 Å². The van der Waals surface area contributed by atoms with E-state index in [4.69, 9.17) is 10.2 Å². The summed E-state index contributed by atoms with van der Waals surface area (Å²) >= 11 is 0. The van der Waals surface area contributed by atoms with E-state index in [0.29, 0.717) is 0 Å². The summed E-state index contributed by atoms with van der Waals surface area (Å²) in [4.78, 5) is 0. The van der Waals surface area contributed by atoms with Gasteiger partial charge in [0.05, 0.1) is 13.2 Å². The van der Waals surface area contributed by atoms with Crippen LogP contribution in [-0.2, 0) is 0 Å². The number of hydrogen-bond acceptors (Lipinski definition) is 2. The highest BCUT2D eigenvalue weighted by Crippen LogP contribution is 2.07. The second-order valence-electron chi connectivity index (χ2n) is 2.84. The van der Waals surface area contributed by atoms with E-state index in [1.54, 1.807) is 12.2 Å². The average Bonchev–Trinajstić information content (AvgIpc) is 2.25. The molecule has 0 fully saturated rings. The summed E-state index contributed by atoms with van der Waals surface area (Å²) in [5.74, 6) is 0. The molecule has 0 heterocycles. The van der Waals surface area contributed by atoms with Crippen molar-refractivity contribution < 1.29 is 10.2 Å². The lowest BCUT2D eigenvalue weighted by Crippen LogP contribution is -1.77. The van der Waals surface area contributed by atoms with Crippen LogP contribution in [0.2, 0.25) is 0 Å². The molecule has 14 heavy (non-hydrogen) atoms. The van der Waals surface area contributed by atoms with Crippen molar-refractivity contribution in [1.82, 2.24) is 0 Å². The maximum Gasteiger partial charge on any atom is 0.0615 e. The fraction of sp³-hybridized carbons (Fsp3) is 0.167. The molecule has 0 aliphatic rings. The molecular weight excluding hydrogens is 176 g/mol. The zero-order valence-corrected chi connectivity index (χ0v) is 7.93. The fourth-order valence-corrected chi connectivity index (χ4v) is 1.10. The van der Waals surface area contributed by atoms with Gasteiger partial charge < -0.3 is 10.2 Å². The molecule has 0 unspecified atom stereocenters. The Hall–Kier alpha value is -1.38. The Kier molecular flexibility index (Phi) is 4.69. The summed E-state index contributed by atoms with van der Waals surface area (Å²) in [6.07, 6.45) is 7.11. The molecule has 1 aromatic carbocycles. The minimum atomic E-state index is 0.0617. The topological polar surface area (TPSA) is 40.5 Å². The molecule has 0 aromatic heterocycles. The van der Waals surface area contributed by atoms with Crippen molar-refractivity contribution in [3.05, 3.63) is 47.5 Å². The van der Waals surface area contributed by atoms with E-state index in [1.807, 2.05) is 36.4 Å². The van der Waals surface area contributed by atoms with Crippen LogP contribution in [0.25, 0.3) is 12.2 Å². The molecule has 0 spiro atoms. The Balaban J connectivity index is 2.68. The van der Waals surface area contributed by atoms with Crippen molar-refractivity contribution in [1.29, 1.82) is 0 Å². The van der Waals surface area contributed by atoms with E-state index in [1.165, 1.54) is 0 Å².